The fourth-order valence-electron chi connectivity index (χ4n) is 2.30. The van der Waals surface area contributed by atoms with E-state index >= 15 is 0 Å². The fourth-order valence-corrected chi connectivity index (χ4v) is 2.57. The van der Waals surface area contributed by atoms with Crippen LogP contribution < -0.4 is 10.1 Å². The molecule has 3 rings (SSSR count). The number of fused-ring (bicyclic) bond motifs is 1. The lowest BCUT2D eigenvalue weighted by Crippen LogP contribution is -2.23. The molecular formula is C18H15BrN2O2. The second-order valence-corrected chi connectivity index (χ2v) is 5.95. The Labute approximate surface area is 142 Å². The molecule has 1 aromatic heterocycles. The van der Waals surface area contributed by atoms with E-state index in [0.717, 1.165) is 20.9 Å². The Morgan fingerprint density at radius 1 is 1.17 bits per heavy atom. The highest BCUT2D eigenvalue weighted by Gasteiger charge is 2.12. The zero-order valence-corrected chi connectivity index (χ0v) is 14.1. The number of carbonyl (C=O) groups is 1. The van der Waals surface area contributed by atoms with Gasteiger partial charge in [0, 0.05) is 22.5 Å². The van der Waals surface area contributed by atoms with Gasteiger partial charge in [-0.05, 0) is 29.8 Å². The van der Waals surface area contributed by atoms with Gasteiger partial charge in [-0.3, -0.25) is 4.79 Å². The van der Waals surface area contributed by atoms with Crippen LogP contribution in [0.15, 0.2) is 59.1 Å². The van der Waals surface area contributed by atoms with Crippen molar-refractivity contribution in [1.29, 1.82) is 0 Å². The number of nitrogens with zero attached hydrogens (tertiary/aromatic N) is 1. The van der Waals surface area contributed by atoms with E-state index in [1.165, 1.54) is 0 Å². The number of rotatable bonds is 4. The van der Waals surface area contributed by atoms with Crippen molar-refractivity contribution in [2.45, 2.75) is 6.54 Å². The van der Waals surface area contributed by atoms with Crippen molar-refractivity contribution in [3.05, 3.63) is 70.3 Å². The zero-order chi connectivity index (χ0) is 16.2. The third-order valence-corrected chi connectivity index (χ3v) is 4.03. The molecule has 0 radical (unpaired) electrons. The summed E-state index contributed by atoms with van der Waals surface area (Å²) in [6.07, 6.45) is 0. The van der Waals surface area contributed by atoms with Crippen LogP contribution in [0.5, 0.6) is 5.75 Å². The number of carbonyl (C=O) groups excluding carboxylic acids is 1. The van der Waals surface area contributed by atoms with Gasteiger partial charge in [0.05, 0.1) is 12.6 Å². The van der Waals surface area contributed by atoms with Gasteiger partial charge in [0.1, 0.15) is 11.4 Å². The number of amides is 1. The lowest BCUT2D eigenvalue weighted by atomic mass is 10.1. The minimum Gasteiger partial charge on any atom is -0.496 e. The molecule has 0 saturated heterocycles. The summed E-state index contributed by atoms with van der Waals surface area (Å²) in [6, 6.07) is 17.1. The molecule has 0 saturated carbocycles. The van der Waals surface area contributed by atoms with Crippen LogP contribution >= 0.6 is 15.9 Å². The molecule has 2 aromatic carbocycles. The number of halogens is 1. The average Bonchev–Trinajstić information content (AvgIpc) is 2.60. The van der Waals surface area contributed by atoms with Gasteiger partial charge in [0.15, 0.2) is 0 Å². The van der Waals surface area contributed by atoms with Gasteiger partial charge in [-0.25, -0.2) is 4.98 Å². The standard InChI is InChI=1S/C18H15BrN2O2/c1-23-17-10-16(21-15-5-3-2-4-14(15)17)18(22)20-11-12-6-8-13(19)9-7-12/h2-10H,11H2,1H3,(H,20,22). The molecule has 1 N–H and O–H groups in total. The molecule has 0 atom stereocenters. The summed E-state index contributed by atoms with van der Waals surface area (Å²) >= 11 is 3.39. The first kappa shape index (κ1) is 15.5. The summed E-state index contributed by atoms with van der Waals surface area (Å²) in [5.41, 5.74) is 2.10. The van der Waals surface area contributed by atoms with E-state index in [0.29, 0.717) is 18.0 Å². The molecule has 1 heterocycles. The van der Waals surface area contributed by atoms with Gasteiger partial charge in [-0.1, -0.05) is 40.2 Å². The van der Waals surface area contributed by atoms with Crippen LogP contribution in [0.2, 0.25) is 0 Å². The van der Waals surface area contributed by atoms with Gasteiger partial charge in [-0.15, -0.1) is 0 Å². The Balaban J connectivity index is 1.81. The summed E-state index contributed by atoms with van der Waals surface area (Å²) < 4.78 is 6.38. The molecule has 1 amide bonds. The Kier molecular flexibility index (Phi) is 4.57. The van der Waals surface area contributed by atoms with Crippen LogP contribution in [0.4, 0.5) is 0 Å². The zero-order valence-electron chi connectivity index (χ0n) is 12.5. The molecule has 23 heavy (non-hydrogen) atoms. The summed E-state index contributed by atoms with van der Waals surface area (Å²) in [7, 11) is 1.59. The summed E-state index contributed by atoms with van der Waals surface area (Å²) in [6.45, 7) is 0.447. The van der Waals surface area contributed by atoms with Crippen LogP contribution in [-0.2, 0) is 6.54 Å². The molecule has 0 unspecified atom stereocenters. The number of pyridine rings is 1. The van der Waals surface area contributed by atoms with Crippen molar-refractivity contribution < 1.29 is 9.53 Å². The lowest BCUT2D eigenvalue weighted by molar-refractivity contribution is 0.0946. The molecule has 0 fully saturated rings. The third-order valence-electron chi connectivity index (χ3n) is 3.50. The molecule has 0 spiro atoms. The van der Waals surface area contributed by atoms with E-state index in [9.17, 15) is 4.79 Å². The maximum Gasteiger partial charge on any atom is 0.270 e. The monoisotopic (exact) mass is 370 g/mol. The molecule has 0 bridgehead atoms. The van der Waals surface area contributed by atoms with Crippen molar-refractivity contribution in [3.8, 4) is 5.75 Å². The number of ether oxygens (including phenoxy) is 1. The predicted molar refractivity (Wildman–Crippen MR) is 93.6 cm³/mol. The van der Waals surface area contributed by atoms with Gasteiger partial charge in [0.2, 0.25) is 0 Å². The van der Waals surface area contributed by atoms with E-state index in [-0.39, 0.29) is 5.91 Å². The van der Waals surface area contributed by atoms with Gasteiger partial charge in [0.25, 0.3) is 5.91 Å². The number of nitrogens with one attached hydrogen (secondary N) is 1. The van der Waals surface area contributed by atoms with Gasteiger partial charge in [-0.2, -0.15) is 0 Å². The predicted octanol–water partition coefficient (Wildman–Crippen LogP) is 3.94. The lowest BCUT2D eigenvalue weighted by Gasteiger charge is -2.09. The minimum atomic E-state index is -0.225. The highest BCUT2D eigenvalue weighted by atomic mass is 79.9. The first-order chi connectivity index (χ1) is 11.2. The van der Waals surface area contributed by atoms with Crippen LogP contribution in [-0.4, -0.2) is 18.0 Å². The summed E-state index contributed by atoms with van der Waals surface area (Å²) in [4.78, 5) is 16.8. The van der Waals surface area contributed by atoms with Crippen LogP contribution in [0.3, 0.4) is 0 Å². The summed E-state index contributed by atoms with van der Waals surface area (Å²) in [5.74, 6) is 0.418. The van der Waals surface area contributed by atoms with Crippen molar-refractivity contribution in [2.24, 2.45) is 0 Å². The Morgan fingerprint density at radius 2 is 1.91 bits per heavy atom. The number of methoxy groups -OCH3 is 1. The Morgan fingerprint density at radius 3 is 2.65 bits per heavy atom. The Bertz CT molecular complexity index is 847. The van der Waals surface area contributed by atoms with Gasteiger partial charge >= 0.3 is 0 Å². The van der Waals surface area contributed by atoms with Crippen LogP contribution in [0.1, 0.15) is 16.1 Å². The average molecular weight is 371 g/mol. The van der Waals surface area contributed by atoms with Crippen molar-refractivity contribution in [3.63, 3.8) is 0 Å². The number of benzene rings is 2. The number of hydrogen-bond donors (Lipinski definition) is 1. The molecule has 3 aromatic rings. The van der Waals surface area contributed by atoms with E-state index in [4.69, 9.17) is 4.74 Å². The maximum absolute atomic E-state index is 12.4. The van der Waals surface area contributed by atoms with E-state index in [2.05, 4.69) is 26.2 Å². The van der Waals surface area contributed by atoms with E-state index in [1.54, 1.807) is 13.2 Å². The number of aromatic nitrogens is 1. The highest BCUT2D eigenvalue weighted by Crippen LogP contribution is 2.24. The molecule has 0 aliphatic heterocycles. The minimum absolute atomic E-state index is 0.225. The molecule has 0 aliphatic carbocycles. The van der Waals surface area contributed by atoms with Crippen molar-refractivity contribution in [2.75, 3.05) is 7.11 Å². The van der Waals surface area contributed by atoms with Crippen LogP contribution in [0.25, 0.3) is 10.9 Å². The molecular weight excluding hydrogens is 356 g/mol. The van der Waals surface area contributed by atoms with Crippen LogP contribution in [0, 0.1) is 0 Å². The summed E-state index contributed by atoms with van der Waals surface area (Å²) in [5, 5.41) is 3.77. The largest absolute Gasteiger partial charge is 0.496 e. The fraction of sp³-hybridized carbons (Fsp3) is 0.111. The number of para-hydroxylation sites is 1. The second-order valence-electron chi connectivity index (χ2n) is 5.04. The molecule has 5 heteroatoms. The quantitative estimate of drug-likeness (QED) is 0.756. The smallest absolute Gasteiger partial charge is 0.270 e. The molecule has 0 aliphatic rings. The highest BCUT2D eigenvalue weighted by molar-refractivity contribution is 9.10. The molecule has 116 valence electrons. The normalized spacial score (nSPS) is 10.5. The third kappa shape index (κ3) is 3.51. The Hall–Kier alpha value is -2.40. The SMILES string of the molecule is COc1cc(C(=O)NCc2ccc(Br)cc2)nc2ccccc12. The second kappa shape index (κ2) is 6.79. The topological polar surface area (TPSA) is 51.2 Å². The molecule has 4 nitrogen and oxygen atoms in total. The number of hydrogen-bond acceptors (Lipinski definition) is 3. The van der Waals surface area contributed by atoms with Crippen molar-refractivity contribution >= 4 is 32.7 Å². The van der Waals surface area contributed by atoms with E-state index < -0.39 is 0 Å². The first-order valence-corrected chi connectivity index (χ1v) is 7.93. The van der Waals surface area contributed by atoms with E-state index in [1.807, 2.05) is 48.5 Å². The van der Waals surface area contributed by atoms with Crippen molar-refractivity contribution in [1.82, 2.24) is 10.3 Å². The van der Waals surface area contributed by atoms with Gasteiger partial charge < -0.3 is 10.1 Å². The first-order valence-electron chi connectivity index (χ1n) is 7.14. The maximum atomic E-state index is 12.4.